The summed E-state index contributed by atoms with van der Waals surface area (Å²) in [6.07, 6.45) is 8.68. The van der Waals surface area contributed by atoms with Crippen molar-refractivity contribution >= 4 is 22.7 Å². The third-order valence-electron chi connectivity index (χ3n) is 9.12. The molecule has 6 nitrogen and oxygen atoms in total. The lowest BCUT2D eigenvalue weighted by molar-refractivity contribution is 0.0783. The van der Waals surface area contributed by atoms with Crippen LogP contribution in [0.3, 0.4) is 0 Å². The molecular formula is C32H38N4O2. The molecule has 2 saturated heterocycles. The molecule has 6 heteroatoms. The SMILES string of the molecule is O=C(NC1CCC(CCN2CC[C@H]3CN(C(=O)c4ccccc4)C[C@@H]3C2)CC1)c1cccc2ncccc12. The van der Waals surface area contributed by atoms with Gasteiger partial charge in [0, 0.05) is 48.4 Å². The van der Waals surface area contributed by atoms with Gasteiger partial charge in [-0.25, -0.2) is 0 Å². The summed E-state index contributed by atoms with van der Waals surface area (Å²) in [5, 5.41) is 4.21. The molecular weight excluding hydrogens is 472 g/mol. The molecule has 1 saturated carbocycles. The van der Waals surface area contributed by atoms with Crippen LogP contribution in [0.4, 0.5) is 0 Å². The molecule has 3 aliphatic rings. The van der Waals surface area contributed by atoms with Crippen LogP contribution in [0, 0.1) is 17.8 Å². The number of rotatable bonds is 6. The van der Waals surface area contributed by atoms with E-state index in [0.717, 1.165) is 73.5 Å². The number of amides is 2. The second-order valence-corrected chi connectivity index (χ2v) is 11.5. The lowest BCUT2D eigenvalue weighted by Gasteiger charge is -2.36. The number of piperidine rings is 1. The van der Waals surface area contributed by atoms with Gasteiger partial charge < -0.3 is 15.1 Å². The molecule has 2 aromatic carbocycles. The quantitative estimate of drug-likeness (QED) is 0.507. The van der Waals surface area contributed by atoms with Crippen LogP contribution in [0.15, 0.2) is 66.9 Å². The Balaban J connectivity index is 0.941. The Hall–Kier alpha value is -3.25. The smallest absolute Gasteiger partial charge is 0.253 e. The van der Waals surface area contributed by atoms with Gasteiger partial charge in [0.15, 0.2) is 0 Å². The van der Waals surface area contributed by atoms with Crippen molar-refractivity contribution in [2.75, 3.05) is 32.7 Å². The van der Waals surface area contributed by atoms with E-state index in [1.54, 1.807) is 6.20 Å². The average molecular weight is 511 g/mol. The zero-order valence-electron chi connectivity index (χ0n) is 22.1. The molecule has 1 N–H and O–H groups in total. The molecule has 3 aromatic rings. The van der Waals surface area contributed by atoms with E-state index >= 15 is 0 Å². The van der Waals surface area contributed by atoms with E-state index in [1.807, 2.05) is 60.7 Å². The highest BCUT2D eigenvalue weighted by atomic mass is 16.2. The Morgan fingerprint density at radius 2 is 1.66 bits per heavy atom. The van der Waals surface area contributed by atoms with Crippen LogP contribution in [-0.2, 0) is 0 Å². The number of benzene rings is 2. The third kappa shape index (κ3) is 5.46. The van der Waals surface area contributed by atoms with Crippen LogP contribution in [0.5, 0.6) is 0 Å². The topological polar surface area (TPSA) is 65.5 Å². The molecule has 0 unspecified atom stereocenters. The summed E-state index contributed by atoms with van der Waals surface area (Å²) in [7, 11) is 0. The minimum absolute atomic E-state index is 0.0197. The van der Waals surface area contributed by atoms with Crippen molar-refractivity contribution in [1.82, 2.24) is 20.1 Å². The standard InChI is InChI=1S/C32H38N4O2/c37-31(29-8-4-10-30-28(29)9-5-17-33-30)34-27-13-11-23(12-14-27)15-18-35-19-16-25-21-36(22-26(25)20-35)32(38)24-6-2-1-3-7-24/h1-10,17,23,25-27H,11-16,18-22H2,(H,34,37)/t23?,25-,26-,27?/m0/s1. The fourth-order valence-electron chi connectivity index (χ4n) is 6.90. The summed E-state index contributed by atoms with van der Waals surface area (Å²) in [5.74, 6) is 2.20. The number of nitrogens with one attached hydrogen (secondary N) is 1. The van der Waals surface area contributed by atoms with Crippen molar-refractivity contribution in [2.45, 2.75) is 44.6 Å². The predicted octanol–water partition coefficient (Wildman–Crippen LogP) is 5.01. The molecule has 3 heterocycles. The Morgan fingerprint density at radius 1 is 0.842 bits per heavy atom. The normalized spacial score (nSPS) is 25.7. The fourth-order valence-corrected chi connectivity index (χ4v) is 6.90. The number of likely N-dealkylation sites (tertiary alicyclic amines) is 2. The summed E-state index contributed by atoms with van der Waals surface area (Å²) < 4.78 is 0. The number of hydrogen-bond donors (Lipinski definition) is 1. The van der Waals surface area contributed by atoms with Gasteiger partial charge in [0.1, 0.15) is 0 Å². The van der Waals surface area contributed by atoms with Crippen molar-refractivity contribution in [2.24, 2.45) is 17.8 Å². The molecule has 0 spiro atoms. The van der Waals surface area contributed by atoms with E-state index in [1.165, 1.54) is 25.7 Å². The molecule has 0 radical (unpaired) electrons. The lowest BCUT2D eigenvalue weighted by Crippen LogP contribution is -2.41. The number of carbonyl (C=O) groups is 2. The van der Waals surface area contributed by atoms with Crippen LogP contribution >= 0.6 is 0 Å². The van der Waals surface area contributed by atoms with Crippen LogP contribution in [-0.4, -0.2) is 65.4 Å². The van der Waals surface area contributed by atoms with E-state index < -0.39 is 0 Å². The summed E-state index contributed by atoms with van der Waals surface area (Å²) >= 11 is 0. The Morgan fingerprint density at radius 3 is 2.50 bits per heavy atom. The first-order valence-electron chi connectivity index (χ1n) is 14.4. The van der Waals surface area contributed by atoms with Gasteiger partial charge in [-0.2, -0.15) is 0 Å². The minimum Gasteiger partial charge on any atom is -0.349 e. The summed E-state index contributed by atoms with van der Waals surface area (Å²) in [6.45, 7) is 5.23. The van der Waals surface area contributed by atoms with Crippen LogP contribution in [0.25, 0.3) is 10.9 Å². The van der Waals surface area contributed by atoms with Gasteiger partial charge in [0.05, 0.1) is 5.52 Å². The first-order chi connectivity index (χ1) is 18.6. The molecule has 38 heavy (non-hydrogen) atoms. The second kappa shape index (κ2) is 11.2. The summed E-state index contributed by atoms with van der Waals surface area (Å²) in [5.41, 5.74) is 2.39. The monoisotopic (exact) mass is 510 g/mol. The Labute approximate surface area is 225 Å². The van der Waals surface area contributed by atoms with Gasteiger partial charge in [0.25, 0.3) is 11.8 Å². The molecule has 3 fully saturated rings. The van der Waals surface area contributed by atoms with Crippen molar-refractivity contribution < 1.29 is 9.59 Å². The molecule has 1 aliphatic carbocycles. The van der Waals surface area contributed by atoms with Gasteiger partial charge >= 0.3 is 0 Å². The van der Waals surface area contributed by atoms with Crippen LogP contribution < -0.4 is 5.32 Å². The van der Waals surface area contributed by atoms with E-state index in [2.05, 4.69) is 20.1 Å². The van der Waals surface area contributed by atoms with Crippen LogP contribution in [0.1, 0.15) is 59.2 Å². The highest BCUT2D eigenvalue weighted by Gasteiger charge is 2.39. The molecule has 0 bridgehead atoms. The number of carbonyl (C=O) groups excluding carboxylic acids is 2. The van der Waals surface area contributed by atoms with Crippen molar-refractivity contribution in [1.29, 1.82) is 0 Å². The summed E-state index contributed by atoms with van der Waals surface area (Å²) in [4.78, 5) is 35.0. The van der Waals surface area contributed by atoms with Crippen molar-refractivity contribution in [3.63, 3.8) is 0 Å². The summed E-state index contributed by atoms with van der Waals surface area (Å²) in [6, 6.07) is 19.6. The van der Waals surface area contributed by atoms with Crippen LogP contribution in [0.2, 0.25) is 0 Å². The van der Waals surface area contributed by atoms with Gasteiger partial charge in [-0.1, -0.05) is 30.3 Å². The zero-order chi connectivity index (χ0) is 25.9. The number of aromatic nitrogens is 1. The second-order valence-electron chi connectivity index (χ2n) is 11.5. The molecule has 1 aromatic heterocycles. The minimum atomic E-state index is 0.0197. The molecule has 2 amide bonds. The van der Waals surface area contributed by atoms with Gasteiger partial charge in [-0.3, -0.25) is 14.6 Å². The highest BCUT2D eigenvalue weighted by molar-refractivity contribution is 6.06. The van der Waals surface area contributed by atoms with Gasteiger partial charge in [0.2, 0.25) is 0 Å². The van der Waals surface area contributed by atoms with Gasteiger partial charge in [-0.15, -0.1) is 0 Å². The number of fused-ring (bicyclic) bond motifs is 2. The van der Waals surface area contributed by atoms with Crippen molar-refractivity contribution in [3.05, 3.63) is 78.0 Å². The molecule has 6 rings (SSSR count). The maximum atomic E-state index is 13.0. The first kappa shape index (κ1) is 25.1. The number of nitrogens with zero attached hydrogens (tertiary/aromatic N) is 3. The largest absolute Gasteiger partial charge is 0.349 e. The average Bonchev–Trinajstić information content (AvgIpc) is 3.40. The van der Waals surface area contributed by atoms with Crippen molar-refractivity contribution in [3.8, 4) is 0 Å². The maximum absolute atomic E-state index is 13.0. The number of pyridine rings is 1. The third-order valence-corrected chi connectivity index (χ3v) is 9.12. The Kier molecular flexibility index (Phi) is 7.41. The zero-order valence-corrected chi connectivity index (χ0v) is 22.1. The van der Waals surface area contributed by atoms with Gasteiger partial charge in [-0.05, 0) is 99.7 Å². The fraction of sp³-hybridized carbons (Fsp3) is 0.469. The lowest BCUT2D eigenvalue weighted by atomic mass is 9.83. The van der Waals surface area contributed by atoms with E-state index in [-0.39, 0.29) is 17.9 Å². The number of hydrogen-bond acceptors (Lipinski definition) is 4. The predicted molar refractivity (Wildman–Crippen MR) is 150 cm³/mol. The first-order valence-corrected chi connectivity index (χ1v) is 14.4. The maximum Gasteiger partial charge on any atom is 0.253 e. The molecule has 2 atom stereocenters. The van der Waals surface area contributed by atoms with E-state index in [4.69, 9.17) is 0 Å². The van der Waals surface area contributed by atoms with E-state index in [9.17, 15) is 9.59 Å². The molecule has 198 valence electrons. The Bertz CT molecular complexity index is 1270. The van der Waals surface area contributed by atoms with E-state index in [0.29, 0.717) is 11.8 Å². The highest BCUT2D eigenvalue weighted by Crippen LogP contribution is 2.33. The molecule has 2 aliphatic heterocycles.